The molecule has 0 spiro atoms. The van der Waals surface area contributed by atoms with Crippen molar-refractivity contribution in [2.75, 3.05) is 6.54 Å². The van der Waals surface area contributed by atoms with Crippen LogP contribution < -0.4 is 5.73 Å². The van der Waals surface area contributed by atoms with Crippen LogP contribution in [-0.2, 0) is 6.42 Å². The molecule has 0 fully saturated rings. The highest BCUT2D eigenvalue weighted by Gasteiger charge is 2.23. The minimum atomic E-state index is 0.283. The highest BCUT2D eigenvalue weighted by atomic mass is 14.6. The zero-order valence-electron chi connectivity index (χ0n) is 11.3. The topological polar surface area (TPSA) is 26.0 Å². The summed E-state index contributed by atoms with van der Waals surface area (Å²) in [5.41, 5.74) is 10.3. The first-order valence-electron chi connectivity index (χ1n) is 6.11. The molecule has 1 aromatic rings. The average Bonchev–Trinajstić information content (AvgIpc) is 2.17. The van der Waals surface area contributed by atoms with Crippen molar-refractivity contribution in [1.29, 1.82) is 0 Å². The molecule has 0 aliphatic rings. The van der Waals surface area contributed by atoms with Crippen LogP contribution in [0.5, 0.6) is 0 Å². The normalized spacial score (nSPS) is 13.9. The van der Waals surface area contributed by atoms with Crippen molar-refractivity contribution < 1.29 is 0 Å². The van der Waals surface area contributed by atoms with Crippen LogP contribution in [0.3, 0.4) is 0 Å². The lowest BCUT2D eigenvalue weighted by atomic mass is 9.76. The molecule has 1 aromatic carbocycles. The van der Waals surface area contributed by atoms with Crippen molar-refractivity contribution in [3.8, 4) is 0 Å². The van der Waals surface area contributed by atoms with E-state index in [4.69, 9.17) is 5.73 Å². The molecule has 0 amide bonds. The van der Waals surface area contributed by atoms with Crippen molar-refractivity contribution >= 4 is 0 Å². The van der Waals surface area contributed by atoms with E-state index in [0.717, 1.165) is 13.0 Å². The number of nitrogens with two attached hydrogens (primary N) is 1. The van der Waals surface area contributed by atoms with Gasteiger partial charge in [0.2, 0.25) is 0 Å². The maximum Gasteiger partial charge on any atom is -0.00407 e. The monoisotopic (exact) mass is 219 g/mol. The Morgan fingerprint density at radius 3 is 2.31 bits per heavy atom. The lowest BCUT2D eigenvalue weighted by molar-refractivity contribution is 0.245. The summed E-state index contributed by atoms with van der Waals surface area (Å²) in [5, 5.41) is 0. The second-order valence-electron chi connectivity index (χ2n) is 5.93. The molecule has 0 aliphatic heterocycles. The third-order valence-corrected chi connectivity index (χ3v) is 3.48. The molecule has 1 nitrogen and oxygen atoms in total. The summed E-state index contributed by atoms with van der Waals surface area (Å²) in [5.74, 6) is 0.549. The zero-order valence-corrected chi connectivity index (χ0v) is 11.3. The minimum absolute atomic E-state index is 0.283. The van der Waals surface area contributed by atoms with E-state index in [1.807, 2.05) is 0 Å². The first kappa shape index (κ1) is 13.2. The lowest BCUT2D eigenvalue weighted by Crippen LogP contribution is -2.30. The van der Waals surface area contributed by atoms with E-state index in [-0.39, 0.29) is 5.41 Å². The highest BCUT2D eigenvalue weighted by molar-refractivity contribution is 5.31. The summed E-state index contributed by atoms with van der Waals surface area (Å²) in [6.45, 7) is 11.9. The Bertz CT molecular complexity index is 347. The average molecular weight is 219 g/mol. The first-order valence-corrected chi connectivity index (χ1v) is 6.11. The minimum Gasteiger partial charge on any atom is -0.330 e. The summed E-state index contributed by atoms with van der Waals surface area (Å²) in [6, 6.07) is 6.68. The van der Waals surface area contributed by atoms with Gasteiger partial charge in [-0.3, -0.25) is 0 Å². The van der Waals surface area contributed by atoms with Gasteiger partial charge >= 0.3 is 0 Å². The first-order chi connectivity index (χ1) is 7.34. The SMILES string of the molecule is Cc1ccc(C)c(CC(CN)C(C)(C)C)c1. The van der Waals surface area contributed by atoms with Crippen molar-refractivity contribution in [3.63, 3.8) is 0 Å². The molecule has 0 heterocycles. The smallest absolute Gasteiger partial charge is 0.00407 e. The number of rotatable bonds is 3. The Morgan fingerprint density at radius 2 is 1.81 bits per heavy atom. The number of hydrogen-bond acceptors (Lipinski definition) is 1. The van der Waals surface area contributed by atoms with Gasteiger partial charge in [-0.1, -0.05) is 44.5 Å². The maximum absolute atomic E-state index is 5.89. The van der Waals surface area contributed by atoms with Crippen molar-refractivity contribution in [2.24, 2.45) is 17.1 Å². The van der Waals surface area contributed by atoms with Gasteiger partial charge in [-0.15, -0.1) is 0 Å². The van der Waals surface area contributed by atoms with Gasteiger partial charge in [-0.2, -0.15) is 0 Å². The Hall–Kier alpha value is -0.820. The van der Waals surface area contributed by atoms with E-state index in [0.29, 0.717) is 5.92 Å². The Kier molecular flexibility index (Phi) is 4.15. The van der Waals surface area contributed by atoms with Crippen LogP contribution in [0, 0.1) is 25.2 Å². The van der Waals surface area contributed by atoms with Crippen LogP contribution >= 0.6 is 0 Å². The molecule has 1 heteroatoms. The molecule has 90 valence electrons. The standard InChI is InChI=1S/C15H25N/c1-11-6-7-12(2)13(8-11)9-14(10-16)15(3,4)5/h6-8,14H,9-10,16H2,1-5H3. The van der Waals surface area contributed by atoms with Crippen LogP contribution in [0.25, 0.3) is 0 Å². The van der Waals surface area contributed by atoms with Gasteiger partial charge in [-0.05, 0) is 49.3 Å². The molecule has 0 saturated heterocycles. The quantitative estimate of drug-likeness (QED) is 0.827. The summed E-state index contributed by atoms with van der Waals surface area (Å²) in [4.78, 5) is 0. The fraction of sp³-hybridized carbons (Fsp3) is 0.600. The molecular formula is C15H25N. The number of hydrogen-bond donors (Lipinski definition) is 1. The van der Waals surface area contributed by atoms with E-state index in [1.165, 1.54) is 16.7 Å². The fourth-order valence-corrected chi connectivity index (χ4v) is 2.03. The molecule has 0 radical (unpaired) electrons. The molecule has 0 saturated carbocycles. The van der Waals surface area contributed by atoms with Crippen molar-refractivity contribution in [2.45, 2.75) is 41.0 Å². The van der Waals surface area contributed by atoms with Crippen LogP contribution in [-0.4, -0.2) is 6.54 Å². The second kappa shape index (κ2) is 5.01. The molecule has 1 rings (SSSR count). The molecule has 1 unspecified atom stereocenters. The zero-order chi connectivity index (χ0) is 12.3. The molecule has 0 bridgehead atoms. The highest BCUT2D eigenvalue weighted by Crippen LogP contribution is 2.29. The molecule has 16 heavy (non-hydrogen) atoms. The fourth-order valence-electron chi connectivity index (χ4n) is 2.03. The third-order valence-electron chi connectivity index (χ3n) is 3.48. The predicted octanol–water partition coefficient (Wildman–Crippen LogP) is 3.47. The molecule has 0 aromatic heterocycles. The van der Waals surface area contributed by atoms with Crippen LogP contribution in [0.2, 0.25) is 0 Å². The van der Waals surface area contributed by atoms with E-state index in [1.54, 1.807) is 0 Å². The van der Waals surface area contributed by atoms with Crippen LogP contribution in [0.4, 0.5) is 0 Å². The van der Waals surface area contributed by atoms with Gasteiger partial charge in [0.05, 0.1) is 0 Å². The van der Waals surface area contributed by atoms with Crippen molar-refractivity contribution in [3.05, 3.63) is 34.9 Å². The summed E-state index contributed by atoms with van der Waals surface area (Å²) in [7, 11) is 0. The van der Waals surface area contributed by atoms with Gasteiger partial charge < -0.3 is 5.73 Å². The van der Waals surface area contributed by atoms with E-state index < -0.39 is 0 Å². The summed E-state index contributed by atoms with van der Waals surface area (Å²) in [6.07, 6.45) is 1.09. The maximum atomic E-state index is 5.89. The van der Waals surface area contributed by atoms with E-state index in [2.05, 4.69) is 52.8 Å². The largest absolute Gasteiger partial charge is 0.330 e. The second-order valence-corrected chi connectivity index (χ2v) is 5.93. The Labute approximate surface area is 100 Å². The van der Waals surface area contributed by atoms with Gasteiger partial charge in [0.25, 0.3) is 0 Å². The molecule has 2 N–H and O–H groups in total. The van der Waals surface area contributed by atoms with E-state index >= 15 is 0 Å². The van der Waals surface area contributed by atoms with E-state index in [9.17, 15) is 0 Å². The summed E-state index contributed by atoms with van der Waals surface area (Å²) >= 11 is 0. The van der Waals surface area contributed by atoms with Crippen LogP contribution in [0.1, 0.15) is 37.5 Å². The van der Waals surface area contributed by atoms with Crippen LogP contribution in [0.15, 0.2) is 18.2 Å². The molecule has 0 aliphatic carbocycles. The Balaban J connectivity index is 2.90. The van der Waals surface area contributed by atoms with Gasteiger partial charge in [-0.25, -0.2) is 0 Å². The van der Waals surface area contributed by atoms with Gasteiger partial charge in [0, 0.05) is 0 Å². The number of benzene rings is 1. The Morgan fingerprint density at radius 1 is 1.19 bits per heavy atom. The molecular weight excluding hydrogens is 194 g/mol. The predicted molar refractivity (Wildman–Crippen MR) is 71.6 cm³/mol. The number of aryl methyl sites for hydroxylation is 2. The van der Waals surface area contributed by atoms with Gasteiger partial charge in [0.1, 0.15) is 0 Å². The van der Waals surface area contributed by atoms with Crippen molar-refractivity contribution in [1.82, 2.24) is 0 Å². The lowest BCUT2D eigenvalue weighted by Gasteiger charge is -2.30. The third kappa shape index (κ3) is 3.34. The summed E-state index contributed by atoms with van der Waals surface area (Å²) < 4.78 is 0. The van der Waals surface area contributed by atoms with Gasteiger partial charge in [0.15, 0.2) is 0 Å². The molecule has 1 atom stereocenters.